The number of aliphatic hydroxyl groups is 1. The summed E-state index contributed by atoms with van der Waals surface area (Å²) in [5.41, 5.74) is 2.95. The molecule has 2 aliphatic rings. The molecule has 9 heteroatoms. The van der Waals surface area contributed by atoms with Crippen molar-refractivity contribution in [2.75, 3.05) is 26.5 Å². The summed E-state index contributed by atoms with van der Waals surface area (Å²) in [6.45, 7) is 0.753. The number of carbonyl (C=O) groups excluding carboxylic acids is 3. The van der Waals surface area contributed by atoms with E-state index < -0.39 is 24.1 Å². The molecule has 1 fully saturated rings. The second-order valence-corrected chi connectivity index (χ2v) is 8.22. The largest absolute Gasteiger partial charge is 0.495 e. The molecule has 0 bridgehead atoms. The second kappa shape index (κ2) is 8.60. The average Bonchev–Trinajstić information content (AvgIpc) is 3.00. The summed E-state index contributed by atoms with van der Waals surface area (Å²) >= 11 is 0. The van der Waals surface area contributed by atoms with Gasteiger partial charge in [0.2, 0.25) is 11.8 Å². The van der Waals surface area contributed by atoms with E-state index in [1.165, 1.54) is 0 Å². The van der Waals surface area contributed by atoms with Crippen molar-refractivity contribution >= 4 is 29.1 Å². The topological polar surface area (TPSA) is 111 Å². The summed E-state index contributed by atoms with van der Waals surface area (Å²) < 4.78 is 5.54. The zero-order valence-corrected chi connectivity index (χ0v) is 18.2. The number of imide groups is 1. The van der Waals surface area contributed by atoms with Gasteiger partial charge in [-0.2, -0.15) is 0 Å². The molecule has 2 aromatic carbocycles. The highest BCUT2D eigenvalue weighted by Crippen LogP contribution is 2.40. The van der Waals surface area contributed by atoms with E-state index in [1.807, 2.05) is 32.3 Å². The van der Waals surface area contributed by atoms with Crippen LogP contribution in [0.25, 0.3) is 0 Å². The van der Waals surface area contributed by atoms with Gasteiger partial charge in [-0.25, -0.2) is 0 Å². The van der Waals surface area contributed by atoms with Crippen LogP contribution in [0.2, 0.25) is 0 Å². The summed E-state index contributed by atoms with van der Waals surface area (Å²) in [5.74, 6) is -0.797. The van der Waals surface area contributed by atoms with Crippen LogP contribution in [0.15, 0.2) is 36.4 Å². The van der Waals surface area contributed by atoms with Crippen LogP contribution in [0.5, 0.6) is 5.75 Å². The molecule has 3 amide bonds. The lowest BCUT2D eigenvalue weighted by molar-refractivity contribution is -0.139. The monoisotopic (exact) mass is 438 g/mol. The third-order valence-corrected chi connectivity index (χ3v) is 5.67. The minimum Gasteiger partial charge on any atom is -0.495 e. The first-order chi connectivity index (χ1) is 15.3. The van der Waals surface area contributed by atoms with E-state index in [1.54, 1.807) is 25.3 Å². The molecule has 2 heterocycles. The molecule has 0 aromatic heterocycles. The number of hydrogen-bond acceptors (Lipinski definition) is 7. The quantitative estimate of drug-likeness (QED) is 0.589. The van der Waals surface area contributed by atoms with E-state index in [-0.39, 0.29) is 18.7 Å². The number of anilines is 2. The summed E-state index contributed by atoms with van der Waals surface area (Å²) in [6.07, 6.45) is -0.983. The predicted molar refractivity (Wildman–Crippen MR) is 117 cm³/mol. The van der Waals surface area contributed by atoms with Gasteiger partial charge >= 0.3 is 0 Å². The minimum absolute atomic E-state index is 0.116. The number of ether oxygens (including phenoxy) is 1. The number of methoxy groups -OCH3 is 1. The number of hydrogen-bond donors (Lipinski definition) is 3. The lowest BCUT2D eigenvalue weighted by Gasteiger charge is -2.31. The van der Waals surface area contributed by atoms with Gasteiger partial charge in [-0.15, -0.1) is 0 Å². The van der Waals surface area contributed by atoms with Crippen LogP contribution in [-0.2, 0) is 16.1 Å². The predicted octanol–water partition coefficient (Wildman–Crippen LogP) is 1.75. The molecule has 0 aliphatic carbocycles. The SMILES string of the molecule is COc1cc(CN(C)C)ccc1Nc1cccc2c1C(=O)N(C1CCC(=O)NC1=O)C2O. The molecule has 168 valence electrons. The zero-order valence-electron chi connectivity index (χ0n) is 18.2. The highest BCUT2D eigenvalue weighted by Gasteiger charge is 2.45. The lowest BCUT2D eigenvalue weighted by Crippen LogP contribution is -2.53. The zero-order chi connectivity index (χ0) is 23.0. The maximum atomic E-state index is 13.3. The smallest absolute Gasteiger partial charge is 0.259 e. The molecule has 2 atom stereocenters. The number of nitrogens with zero attached hydrogens (tertiary/aromatic N) is 2. The maximum absolute atomic E-state index is 13.3. The third kappa shape index (κ3) is 3.92. The highest BCUT2D eigenvalue weighted by molar-refractivity contribution is 6.08. The van der Waals surface area contributed by atoms with E-state index in [0.717, 1.165) is 17.0 Å². The number of nitrogens with one attached hydrogen (secondary N) is 2. The molecule has 9 nitrogen and oxygen atoms in total. The minimum atomic E-state index is -1.27. The fourth-order valence-corrected chi connectivity index (χ4v) is 4.23. The van der Waals surface area contributed by atoms with Crippen molar-refractivity contribution in [2.24, 2.45) is 0 Å². The van der Waals surface area contributed by atoms with Crippen molar-refractivity contribution in [2.45, 2.75) is 31.7 Å². The third-order valence-electron chi connectivity index (χ3n) is 5.67. The van der Waals surface area contributed by atoms with E-state index in [0.29, 0.717) is 28.3 Å². The Balaban J connectivity index is 1.65. The molecule has 2 unspecified atom stereocenters. The summed E-state index contributed by atoms with van der Waals surface area (Å²) in [4.78, 5) is 40.3. The van der Waals surface area contributed by atoms with E-state index in [2.05, 4.69) is 15.5 Å². The number of rotatable bonds is 6. The Morgan fingerprint density at radius 2 is 1.97 bits per heavy atom. The van der Waals surface area contributed by atoms with E-state index in [4.69, 9.17) is 4.74 Å². The van der Waals surface area contributed by atoms with Crippen molar-refractivity contribution in [1.82, 2.24) is 15.1 Å². The van der Waals surface area contributed by atoms with Gasteiger partial charge in [-0.05, 0) is 44.3 Å². The van der Waals surface area contributed by atoms with Crippen LogP contribution in [0.1, 0.15) is 40.6 Å². The Labute approximate surface area is 186 Å². The second-order valence-electron chi connectivity index (χ2n) is 8.22. The van der Waals surface area contributed by atoms with Crippen molar-refractivity contribution in [1.29, 1.82) is 0 Å². The Morgan fingerprint density at radius 1 is 1.19 bits per heavy atom. The van der Waals surface area contributed by atoms with Crippen molar-refractivity contribution in [3.8, 4) is 5.75 Å². The number of carbonyl (C=O) groups is 3. The fourth-order valence-electron chi connectivity index (χ4n) is 4.23. The number of amides is 3. The van der Waals surface area contributed by atoms with Gasteiger partial charge in [0, 0.05) is 18.5 Å². The molecule has 0 radical (unpaired) electrons. The molecule has 3 N–H and O–H groups in total. The van der Waals surface area contributed by atoms with Crippen LogP contribution in [0, 0.1) is 0 Å². The first-order valence-electron chi connectivity index (χ1n) is 10.4. The van der Waals surface area contributed by atoms with Crippen LogP contribution in [0.4, 0.5) is 11.4 Å². The van der Waals surface area contributed by atoms with E-state index in [9.17, 15) is 19.5 Å². The van der Waals surface area contributed by atoms with Gasteiger partial charge in [0.15, 0.2) is 6.23 Å². The molecule has 0 spiro atoms. The van der Waals surface area contributed by atoms with Crippen molar-refractivity contribution < 1.29 is 24.2 Å². The Bertz CT molecular complexity index is 1080. The normalized spacial score (nSPS) is 20.4. The van der Waals surface area contributed by atoms with Crippen molar-refractivity contribution in [3.63, 3.8) is 0 Å². The van der Waals surface area contributed by atoms with Gasteiger partial charge in [0.25, 0.3) is 5.91 Å². The van der Waals surface area contributed by atoms with Crippen molar-refractivity contribution in [3.05, 3.63) is 53.1 Å². The van der Waals surface area contributed by atoms with Gasteiger partial charge in [0.05, 0.1) is 24.0 Å². The Kier molecular flexibility index (Phi) is 5.86. The standard InChI is InChI=1S/C23H26N4O5/c1-26(2)12-13-7-8-15(18(11-13)32-3)24-16-6-4-5-14-20(16)23(31)27(22(14)30)17-9-10-19(28)25-21(17)29/h4-8,11,17,22,24,30H,9-10,12H2,1-3H3,(H,25,28,29). The van der Waals surface area contributed by atoms with Crippen LogP contribution < -0.4 is 15.4 Å². The fraction of sp³-hybridized carbons (Fsp3) is 0.348. The Morgan fingerprint density at radius 3 is 2.66 bits per heavy atom. The van der Waals surface area contributed by atoms with E-state index >= 15 is 0 Å². The molecule has 1 saturated heterocycles. The van der Waals surface area contributed by atoms with Gasteiger partial charge in [-0.3, -0.25) is 24.6 Å². The lowest BCUT2D eigenvalue weighted by atomic mass is 10.0. The number of fused-ring (bicyclic) bond motifs is 1. The Hall–Kier alpha value is -3.43. The molecule has 2 aromatic rings. The summed E-state index contributed by atoms with van der Waals surface area (Å²) in [7, 11) is 5.54. The first kappa shape index (κ1) is 21.8. The molecular formula is C23H26N4O5. The van der Waals surface area contributed by atoms with Crippen LogP contribution in [0.3, 0.4) is 0 Å². The molecule has 4 rings (SSSR count). The van der Waals surface area contributed by atoms with Crippen LogP contribution in [-0.4, -0.2) is 59.9 Å². The van der Waals surface area contributed by atoms with Gasteiger partial charge < -0.3 is 20.1 Å². The number of aliphatic hydroxyl groups excluding tert-OH is 1. The van der Waals surface area contributed by atoms with Gasteiger partial charge in [-0.1, -0.05) is 18.2 Å². The molecule has 2 aliphatic heterocycles. The number of piperidine rings is 1. The maximum Gasteiger partial charge on any atom is 0.259 e. The molecule has 0 saturated carbocycles. The summed E-state index contributed by atoms with van der Waals surface area (Å²) in [6, 6.07) is 10.0. The van der Waals surface area contributed by atoms with Gasteiger partial charge in [0.1, 0.15) is 11.8 Å². The summed E-state index contributed by atoms with van der Waals surface area (Å²) in [5, 5.41) is 16.3. The highest BCUT2D eigenvalue weighted by atomic mass is 16.5. The molecular weight excluding hydrogens is 412 g/mol. The van der Waals surface area contributed by atoms with Crippen LogP contribution >= 0.6 is 0 Å². The first-order valence-corrected chi connectivity index (χ1v) is 10.4. The molecule has 32 heavy (non-hydrogen) atoms. The average molecular weight is 438 g/mol. The number of benzene rings is 2.